The van der Waals surface area contributed by atoms with E-state index in [-0.39, 0.29) is 17.1 Å². The number of hydrogen-bond acceptors (Lipinski definition) is 2. The fourth-order valence-electron chi connectivity index (χ4n) is 2.91. The Balaban J connectivity index is 2.32. The van der Waals surface area contributed by atoms with E-state index in [9.17, 15) is 4.39 Å². The molecule has 0 aliphatic rings. The maximum Gasteiger partial charge on any atom is 0.123 e. The number of halogens is 2. The molecule has 1 unspecified atom stereocenters. The Labute approximate surface area is 149 Å². The number of nitriles is 1. The van der Waals surface area contributed by atoms with E-state index in [0.29, 0.717) is 0 Å². The number of fused-ring (bicyclic) bond motifs is 1. The van der Waals surface area contributed by atoms with E-state index in [1.807, 2.05) is 13.0 Å². The van der Waals surface area contributed by atoms with Gasteiger partial charge in [-0.15, -0.1) is 0 Å². The Bertz CT molecular complexity index is 940. The van der Waals surface area contributed by atoms with Crippen LogP contribution in [0.3, 0.4) is 0 Å². The van der Waals surface area contributed by atoms with Crippen molar-refractivity contribution in [3.63, 3.8) is 0 Å². The van der Waals surface area contributed by atoms with Gasteiger partial charge in [0.15, 0.2) is 0 Å². The van der Waals surface area contributed by atoms with Gasteiger partial charge in [-0.2, -0.15) is 5.26 Å². The van der Waals surface area contributed by atoms with Gasteiger partial charge in [0.1, 0.15) is 5.82 Å². The highest BCUT2D eigenvalue weighted by Crippen LogP contribution is 2.34. The maximum absolute atomic E-state index is 13.2. The fourth-order valence-corrected chi connectivity index (χ4v) is 3.29. The van der Waals surface area contributed by atoms with Gasteiger partial charge in [0.2, 0.25) is 0 Å². The molecule has 120 valence electrons. The lowest BCUT2D eigenvalue weighted by Gasteiger charge is -2.14. The minimum Gasteiger partial charge on any atom is -0.251 e. The SMILES string of the molecule is Cc1cc(C(C)Br)c2cc(-c3ccc(F)cc3)c(CC#N)nc2c1. The van der Waals surface area contributed by atoms with Crippen LogP contribution in [0.1, 0.15) is 28.6 Å². The molecule has 0 saturated heterocycles. The minimum atomic E-state index is -0.278. The van der Waals surface area contributed by atoms with Crippen LogP contribution in [-0.2, 0) is 6.42 Å². The molecule has 0 amide bonds. The second kappa shape index (κ2) is 6.70. The lowest BCUT2D eigenvalue weighted by molar-refractivity contribution is 0.628. The monoisotopic (exact) mass is 382 g/mol. The van der Waals surface area contributed by atoms with Gasteiger partial charge in [0, 0.05) is 15.8 Å². The summed E-state index contributed by atoms with van der Waals surface area (Å²) < 4.78 is 13.2. The lowest BCUT2D eigenvalue weighted by atomic mass is 9.96. The van der Waals surface area contributed by atoms with Crippen molar-refractivity contribution in [1.29, 1.82) is 5.26 Å². The number of aromatic nitrogens is 1. The molecule has 0 bridgehead atoms. The van der Waals surface area contributed by atoms with Gasteiger partial charge in [-0.25, -0.2) is 4.39 Å². The first kappa shape index (κ1) is 16.6. The highest BCUT2D eigenvalue weighted by atomic mass is 79.9. The lowest BCUT2D eigenvalue weighted by Crippen LogP contribution is -1.98. The molecular weight excluding hydrogens is 367 g/mol. The Kier molecular flexibility index (Phi) is 4.64. The maximum atomic E-state index is 13.2. The molecule has 0 saturated carbocycles. The number of alkyl halides is 1. The molecule has 4 heteroatoms. The van der Waals surface area contributed by atoms with Crippen molar-refractivity contribution >= 4 is 26.8 Å². The van der Waals surface area contributed by atoms with Crippen LogP contribution in [-0.4, -0.2) is 4.98 Å². The molecular formula is C20H16BrFN2. The van der Waals surface area contributed by atoms with Crippen LogP contribution >= 0.6 is 15.9 Å². The largest absolute Gasteiger partial charge is 0.251 e. The van der Waals surface area contributed by atoms with Crippen molar-refractivity contribution in [1.82, 2.24) is 4.98 Å². The third-order valence-electron chi connectivity index (χ3n) is 4.02. The van der Waals surface area contributed by atoms with Gasteiger partial charge < -0.3 is 0 Å². The molecule has 1 heterocycles. The highest BCUT2D eigenvalue weighted by molar-refractivity contribution is 9.09. The number of hydrogen-bond donors (Lipinski definition) is 0. The molecule has 3 aromatic rings. The molecule has 0 N–H and O–H groups in total. The molecule has 1 aromatic heterocycles. The zero-order valence-electron chi connectivity index (χ0n) is 13.5. The molecule has 24 heavy (non-hydrogen) atoms. The molecule has 0 aliphatic heterocycles. The van der Waals surface area contributed by atoms with E-state index in [1.54, 1.807) is 12.1 Å². The molecule has 1 atom stereocenters. The van der Waals surface area contributed by atoms with Gasteiger partial charge in [-0.3, -0.25) is 4.98 Å². The normalized spacial score (nSPS) is 12.1. The highest BCUT2D eigenvalue weighted by Gasteiger charge is 2.14. The van der Waals surface area contributed by atoms with Crippen LogP contribution in [0.25, 0.3) is 22.0 Å². The summed E-state index contributed by atoms with van der Waals surface area (Å²) in [5.41, 5.74) is 5.63. The average molecular weight is 383 g/mol. The first-order valence-corrected chi connectivity index (χ1v) is 8.62. The van der Waals surface area contributed by atoms with Crippen molar-refractivity contribution < 1.29 is 4.39 Å². The van der Waals surface area contributed by atoms with Crippen LogP contribution < -0.4 is 0 Å². The Morgan fingerprint density at radius 3 is 2.54 bits per heavy atom. The van der Waals surface area contributed by atoms with Gasteiger partial charge in [0.05, 0.1) is 23.7 Å². The van der Waals surface area contributed by atoms with Crippen LogP contribution in [0.2, 0.25) is 0 Å². The summed E-state index contributed by atoms with van der Waals surface area (Å²) in [6.07, 6.45) is 0.218. The standard InChI is InChI=1S/C20H16BrFN2/c1-12-9-16(13(2)21)18-11-17(14-3-5-15(22)6-4-14)19(7-8-23)24-20(18)10-12/h3-6,9-11,13H,7H2,1-2H3. The van der Waals surface area contributed by atoms with Crippen LogP contribution in [0, 0.1) is 24.1 Å². The summed E-state index contributed by atoms with van der Waals surface area (Å²) in [4.78, 5) is 4.92. The first-order valence-electron chi connectivity index (χ1n) is 7.70. The Morgan fingerprint density at radius 1 is 1.21 bits per heavy atom. The van der Waals surface area contributed by atoms with E-state index in [2.05, 4.69) is 41.1 Å². The third kappa shape index (κ3) is 3.18. The average Bonchev–Trinajstić information content (AvgIpc) is 2.54. The van der Waals surface area contributed by atoms with Crippen molar-refractivity contribution in [3.8, 4) is 17.2 Å². The van der Waals surface area contributed by atoms with E-state index in [1.165, 1.54) is 12.1 Å². The van der Waals surface area contributed by atoms with Gasteiger partial charge >= 0.3 is 0 Å². The van der Waals surface area contributed by atoms with Gasteiger partial charge in [-0.05, 0) is 54.8 Å². The molecule has 0 spiro atoms. The summed E-state index contributed by atoms with van der Waals surface area (Å²) in [6.45, 7) is 4.12. The molecule has 3 rings (SSSR count). The van der Waals surface area contributed by atoms with Gasteiger partial charge in [-0.1, -0.05) is 34.1 Å². The van der Waals surface area contributed by atoms with Crippen molar-refractivity contribution in [2.24, 2.45) is 0 Å². The smallest absolute Gasteiger partial charge is 0.123 e. The molecule has 2 nitrogen and oxygen atoms in total. The van der Waals surface area contributed by atoms with E-state index >= 15 is 0 Å². The first-order chi connectivity index (χ1) is 11.5. The quantitative estimate of drug-likeness (QED) is 0.531. The number of rotatable bonds is 3. The second-order valence-corrected chi connectivity index (χ2v) is 7.23. The zero-order chi connectivity index (χ0) is 17.3. The summed E-state index contributed by atoms with van der Waals surface area (Å²) in [5, 5.41) is 10.2. The van der Waals surface area contributed by atoms with Crippen LogP contribution in [0.5, 0.6) is 0 Å². The third-order valence-corrected chi connectivity index (χ3v) is 4.51. The van der Waals surface area contributed by atoms with Crippen molar-refractivity contribution in [3.05, 3.63) is 65.1 Å². The zero-order valence-corrected chi connectivity index (χ0v) is 15.1. The van der Waals surface area contributed by atoms with Crippen LogP contribution in [0.4, 0.5) is 4.39 Å². The van der Waals surface area contributed by atoms with Gasteiger partial charge in [0.25, 0.3) is 0 Å². The number of aryl methyl sites for hydroxylation is 1. The van der Waals surface area contributed by atoms with Crippen molar-refractivity contribution in [2.45, 2.75) is 25.1 Å². The van der Waals surface area contributed by atoms with Crippen LogP contribution in [0.15, 0.2) is 42.5 Å². The van der Waals surface area contributed by atoms with Crippen molar-refractivity contribution in [2.75, 3.05) is 0 Å². The number of nitrogens with zero attached hydrogens (tertiary/aromatic N) is 2. The number of benzene rings is 2. The van der Waals surface area contributed by atoms with E-state index in [0.717, 1.165) is 38.9 Å². The predicted molar refractivity (Wildman–Crippen MR) is 98.5 cm³/mol. The topological polar surface area (TPSA) is 36.7 Å². The predicted octanol–water partition coefficient (Wildman–Crippen LogP) is 5.87. The Morgan fingerprint density at radius 2 is 1.92 bits per heavy atom. The Hall–Kier alpha value is -2.25. The summed E-state index contributed by atoms with van der Waals surface area (Å²) in [5.74, 6) is -0.278. The molecule has 0 aliphatic carbocycles. The second-order valence-electron chi connectivity index (χ2n) is 5.86. The van der Waals surface area contributed by atoms with E-state index in [4.69, 9.17) is 10.2 Å². The molecule has 2 aromatic carbocycles. The summed E-state index contributed by atoms with van der Waals surface area (Å²) in [6, 6.07) is 14.7. The summed E-state index contributed by atoms with van der Waals surface area (Å²) >= 11 is 3.65. The summed E-state index contributed by atoms with van der Waals surface area (Å²) in [7, 11) is 0. The molecule has 0 radical (unpaired) electrons. The number of pyridine rings is 1. The fraction of sp³-hybridized carbons (Fsp3) is 0.200. The minimum absolute atomic E-state index is 0.185. The molecule has 0 fully saturated rings. The van der Waals surface area contributed by atoms with E-state index < -0.39 is 0 Å².